The highest BCUT2D eigenvalue weighted by atomic mass is 16.2. The monoisotopic (exact) mass is 274 g/mol. The molecule has 1 heterocycles. The summed E-state index contributed by atoms with van der Waals surface area (Å²) in [5.41, 5.74) is 3.58. The van der Waals surface area contributed by atoms with Crippen LogP contribution in [0.4, 0.5) is 0 Å². The summed E-state index contributed by atoms with van der Waals surface area (Å²) < 4.78 is 0. The highest BCUT2D eigenvalue weighted by Crippen LogP contribution is 2.14. The van der Waals surface area contributed by atoms with Crippen LogP contribution in [0.15, 0.2) is 18.2 Å². The number of nitrogens with one attached hydrogen (secondary N) is 1. The molecule has 1 aliphatic rings. The van der Waals surface area contributed by atoms with Gasteiger partial charge in [-0.2, -0.15) is 0 Å². The number of amides is 1. The maximum atomic E-state index is 12.4. The number of piperidine rings is 1. The Balaban J connectivity index is 1.91. The molecule has 0 aromatic heterocycles. The first-order chi connectivity index (χ1) is 9.56. The van der Waals surface area contributed by atoms with Crippen LogP contribution >= 0.6 is 0 Å². The van der Waals surface area contributed by atoms with E-state index in [9.17, 15) is 4.79 Å². The number of hydrogen-bond donors (Lipinski definition) is 1. The smallest absolute Gasteiger partial charge is 0.226 e. The van der Waals surface area contributed by atoms with Gasteiger partial charge >= 0.3 is 0 Å². The summed E-state index contributed by atoms with van der Waals surface area (Å²) in [6, 6.07) is 6.33. The Morgan fingerprint density at radius 2 is 2.20 bits per heavy atom. The highest BCUT2D eigenvalue weighted by Gasteiger charge is 2.18. The molecule has 20 heavy (non-hydrogen) atoms. The van der Waals surface area contributed by atoms with Gasteiger partial charge in [-0.25, -0.2) is 0 Å². The van der Waals surface area contributed by atoms with E-state index >= 15 is 0 Å². The van der Waals surface area contributed by atoms with Crippen molar-refractivity contribution in [3.8, 4) is 0 Å². The molecule has 110 valence electrons. The van der Waals surface area contributed by atoms with E-state index in [-0.39, 0.29) is 5.91 Å². The molecule has 1 aliphatic heterocycles. The zero-order valence-corrected chi connectivity index (χ0v) is 12.9. The molecule has 3 heteroatoms. The van der Waals surface area contributed by atoms with E-state index in [2.05, 4.69) is 37.4 Å². The van der Waals surface area contributed by atoms with Gasteiger partial charge in [0, 0.05) is 13.6 Å². The second-order valence-corrected chi connectivity index (χ2v) is 6.09. The minimum Gasteiger partial charge on any atom is -0.345 e. The van der Waals surface area contributed by atoms with Crippen LogP contribution in [0.1, 0.15) is 29.5 Å². The van der Waals surface area contributed by atoms with Crippen molar-refractivity contribution >= 4 is 5.91 Å². The lowest BCUT2D eigenvalue weighted by Crippen LogP contribution is -2.39. The summed E-state index contributed by atoms with van der Waals surface area (Å²) in [5, 5.41) is 3.41. The summed E-state index contributed by atoms with van der Waals surface area (Å²) in [6.07, 6.45) is 2.97. The molecule has 1 amide bonds. The van der Waals surface area contributed by atoms with Gasteiger partial charge < -0.3 is 10.2 Å². The first-order valence-electron chi connectivity index (χ1n) is 7.57. The van der Waals surface area contributed by atoms with E-state index in [4.69, 9.17) is 0 Å². The van der Waals surface area contributed by atoms with Crippen molar-refractivity contribution in [1.29, 1.82) is 0 Å². The van der Waals surface area contributed by atoms with Crippen LogP contribution in [0.3, 0.4) is 0 Å². The molecule has 1 unspecified atom stereocenters. The van der Waals surface area contributed by atoms with E-state index in [1.54, 1.807) is 0 Å². The summed E-state index contributed by atoms with van der Waals surface area (Å²) in [6.45, 7) is 7.19. The molecule has 1 fully saturated rings. The SMILES string of the molecule is Cc1ccc(C)c(CC(=O)N(C)CC2CCCNC2)c1. The molecule has 1 saturated heterocycles. The molecule has 3 nitrogen and oxygen atoms in total. The standard InChI is InChI=1S/C17H26N2O/c1-13-6-7-14(2)16(9-13)10-17(20)19(3)12-15-5-4-8-18-11-15/h6-7,9,15,18H,4-5,8,10-12H2,1-3H3. The maximum absolute atomic E-state index is 12.4. The van der Waals surface area contributed by atoms with Crippen molar-refractivity contribution in [2.24, 2.45) is 5.92 Å². The van der Waals surface area contributed by atoms with Crippen molar-refractivity contribution < 1.29 is 4.79 Å². The largest absolute Gasteiger partial charge is 0.345 e. The molecule has 0 spiro atoms. The molecular weight excluding hydrogens is 248 g/mol. The van der Waals surface area contributed by atoms with E-state index in [1.807, 2.05) is 11.9 Å². The van der Waals surface area contributed by atoms with Crippen LogP contribution in [0.5, 0.6) is 0 Å². The number of aryl methyl sites for hydroxylation is 2. The Hall–Kier alpha value is -1.35. The van der Waals surface area contributed by atoms with Gasteiger partial charge in [0.2, 0.25) is 5.91 Å². The normalized spacial score (nSPS) is 18.9. The molecule has 1 N–H and O–H groups in total. The fourth-order valence-corrected chi connectivity index (χ4v) is 2.86. The number of nitrogens with zero attached hydrogens (tertiary/aromatic N) is 1. The number of hydrogen-bond acceptors (Lipinski definition) is 2. The zero-order valence-electron chi connectivity index (χ0n) is 12.9. The van der Waals surface area contributed by atoms with Gasteiger partial charge in [-0.05, 0) is 56.8 Å². The summed E-state index contributed by atoms with van der Waals surface area (Å²) in [5.74, 6) is 0.834. The third kappa shape index (κ3) is 4.07. The Bertz CT molecular complexity index is 464. The van der Waals surface area contributed by atoms with Crippen molar-refractivity contribution in [2.45, 2.75) is 33.1 Å². The lowest BCUT2D eigenvalue weighted by molar-refractivity contribution is -0.129. The van der Waals surface area contributed by atoms with Crippen molar-refractivity contribution in [2.75, 3.05) is 26.7 Å². The fourth-order valence-electron chi connectivity index (χ4n) is 2.86. The zero-order chi connectivity index (χ0) is 14.5. The van der Waals surface area contributed by atoms with Gasteiger partial charge in [-0.3, -0.25) is 4.79 Å². The van der Waals surface area contributed by atoms with Crippen LogP contribution in [0, 0.1) is 19.8 Å². The van der Waals surface area contributed by atoms with Crippen LogP contribution in [-0.4, -0.2) is 37.5 Å². The van der Waals surface area contributed by atoms with Gasteiger partial charge in [-0.15, -0.1) is 0 Å². The molecule has 1 atom stereocenters. The molecule has 0 saturated carbocycles. The Morgan fingerprint density at radius 1 is 1.40 bits per heavy atom. The number of carbonyl (C=O) groups excluding carboxylic acids is 1. The van der Waals surface area contributed by atoms with E-state index in [0.29, 0.717) is 12.3 Å². The first kappa shape index (κ1) is 15.0. The Labute approximate surface area is 122 Å². The molecule has 0 aliphatic carbocycles. The fraction of sp³-hybridized carbons (Fsp3) is 0.588. The van der Waals surface area contributed by atoms with E-state index < -0.39 is 0 Å². The molecule has 0 radical (unpaired) electrons. The quantitative estimate of drug-likeness (QED) is 0.914. The average molecular weight is 274 g/mol. The molecule has 2 rings (SSSR count). The Morgan fingerprint density at radius 3 is 2.90 bits per heavy atom. The van der Waals surface area contributed by atoms with Gasteiger partial charge in [0.15, 0.2) is 0 Å². The number of rotatable bonds is 4. The second-order valence-electron chi connectivity index (χ2n) is 6.09. The minimum absolute atomic E-state index is 0.226. The van der Waals surface area contributed by atoms with Crippen molar-refractivity contribution in [1.82, 2.24) is 10.2 Å². The predicted molar refractivity (Wildman–Crippen MR) is 82.9 cm³/mol. The third-order valence-electron chi connectivity index (χ3n) is 4.20. The first-order valence-corrected chi connectivity index (χ1v) is 7.57. The molecule has 1 aromatic carbocycles. The van der Waals surface area contributed by atoms with E-state index in [0.717, 1.165) is 25.2 Å². The molecule has 0 bridgehead atoms. The number of benzene rings is 1. The van der Waals surface area contributed by atoms with Crippen molar-refractivity contribution in [3.63, 3.8) is 0 Å². The topological polar surface area (TPSA) is 32.3 Å². The molecule has 1 aromatic rings. The average Bonchev–Trinajstić information content (AvgIpc) is 2.44. The summed E-state index contributed by atoms with van der Waals surface area (Å²) >= 11 is 0. The number of likely N-dealkylation sites (N-methyl/N-ethyl adjacent to an activating group) is 1. The third-order valence-corrected chi connectivity index (χ3v) is 4.20. The van der Waals surface area contributed by atoms with Crippen LogP contribution in [0.2, 0.25) is 0 Å². The van der Waals surface area contributed by atoms with Crippen LogP contribution in [-0.2, 0) is 11.2 Å². The predicted octanol–water partition coefficient (Wildman–Crippen LogP) is 2.30. The second kappa shape index (κ2) is 6.89. The van der Waals surface area contributed by atoms with E-state index in [1.165, 1.54) is 24.0 Å². The molecular formula is C17H26N2O. The Kier molecular flexibility index (Phi) is 5.18. The summed E-state index contributed by atoms with van der Waals surface area (Å²) in [4.78, 5) is 14.3. The highest BCUT2D eigenvalue weighted by molar-refractivity contribution is 5.79. The van der Waals surface area contributed by atoms with Crippen LogP contribution in [0.25, 0.3) is 0 Å². The lowest BCUT2D eigenvalue weighted by atomic mass is 9.98. The maximum Gasteiger partial charge on any atom is 0.226 e. The van der Waals surface area contributed by atoms with Gasteiger partial charge in [0.25, 0.3) is 0 Å². The lowest BCUT2D eigenvalue weighted by Gasteiger charge is -2.28. The minimum atomic E-state index is 0.226. The van der Waals surface area contributed by atoms with Gasteiger partial charge in [0.05, 0.1) is 6.42 Å². The van der Waals surface area contributed by atoms with Crippen molar-refractivity contribution in [3.05, 3.63) is 34.9 Å². The van der Waals surface area contributed by atoms with Gasteiger partial charge in [-0.1, -0.05) is 23.8 Å². The van der Waals surface area contributed by atoms with Gasteiger partial charge in [0.1, 0.15) is 0 Å². The number of carbonyl (C=O) groups is 1. The summed E-state index contributed by atoms with van der Waals surface area (Å²) in [7, 11) is 1.93. The van der Waals surface area contributed by atoms with Crippen LogP contribution < -0.4 is 5.32 Å².